The third-order valence-corrected chi connectivity index (χ3v) is 5.56. The van der Waals surface area contributed by atoms with Crippen molar-refractivity contribution in [3.05, 3.63) is 58.1 Å². The van der Waals surface area contributed by atoms with Crippen LogP contribution in [0.3, 0.4) is 0 Å². The monoisotopic (exact) mass is 438 g/mol. The van der Waals surface area contributed by atoms with E-state index in [1.54, 1.807) is 37.3 Å². The second-order valence-electron chi connectivity index (χ2n) is 6.33. The lowest BCUT2D eigenvalue weighted by molar-refractivity contribution is -0.117. The maximum atomic E-state index is 12.9. The third-order valence-electron chi connectivity index (χ3n) is 3.88. The van der Waals surface area contributed by atoms with Crippen molar-refractivity contribution in [1.29, 1.82) is 0 Å². The van der Waals surface area contributed by atoms with Gasteiger partial charge in [0, 0.05) is 10.2 Å². The summed E-state index contributed by atoms with van der Waals surface area (Å²) in [5, 5.41) is 2.81. The highest BCUT2D eigenvalue weighted by atomic mass is 79.9. The van der Waals surface area contributed by atoms with Crippen molar-refractivity contribution in [1.82, 2.24) is 0 Å². The molecule has 1 amide bonds. The molecule has 0 aromatic heterocycles. The van der Waals surface area contributed by atoms with E-state index in [0.29, 0.717) is 17.8 Å². The number of carbonyl (C=O) groups excluding carboxylic acids is 1. The van der Waals surface area contributed by atoms with E-state index in [0.717, 1.165) is 21.9 Å². The molecule has 0 aliphatic heterocycles. The van der Waals surface area contributed by atoms with Crippen molar-refractivity contribution >= 4 is 43.2 Å². The first-order valence-corrected chi connectivity index (χ1v) is 10.9. The molecule has 1 N–H and O–H groups in total. The van der Waals surface area contributed by atoms with Crippen molar-refractivity contribution in [3.8, 4) is 0 Å². The highest BCUT2D eigenvalue weighted by Crippen LogP contribution is 2.26. The lowest BCUT2D eigenvalue weighted by Crippen LogP contribution is -2.47. The van der Waals surface area contributed by atoms with Crippen LogP contribution < -0.4 is 9.62 Å². The number of hydrogen-bond acceptors (Lipinski definition) is 3. The van der Waals surface area contributed by atoms with E-state index in [1.165, 1.54) is 4.31 Å². The number of carbonyl (C=O) groups is 1. The minimum absolute atomic E-state index is 0.347. The first kappa shape index (κ1) is 20.5. The molecular weight excluding hydrogens is 416 g/mol. The fourth-order valence-corrected chi connectivity index (χ4v) is 4.52. The fourth-order valence-electron chi connectivity index (χ4n) is 2.93. The summed E-state index contributed by atoms with van der Waals surface area (Å²) in [6.45, 7) is 5.60. The first-order chi connectivity index (χ1) is 12.1. The van der Waals surface area contributed by atoms with Crippen LogP contribution >= 0.6 is 15.9 Å². The lowest BCUT2D eigenvalue weighted by atomic mass is 10.1. The average molecular weight is 439 g/mol. The van der Waals surface area contributed by atoms with Crippen molar-refractivity contribution in [3.63, 3.8) is 0 Å². The zero-order valence-corrected chi connectivity index (χ0v) is 17.7. The molecule has 2 rings (SSSR count). The summed E-state index contributed by atoms with van der Waals surface area (Å²) in [4.78, 5) is 12.9. The van der Waals surface area contributed by atoms with Gasteiger partial charge in [-0.05, 0) is 61.7 Å². The van der Waals surface area contributed by atoms with Crippen molar-refractivity contribution < 1.29 is 13.2 Å². The van der Waals surface area contributed by atoms with E-state index >= 15 is 0 Å². The van der Waals surface area contributed by atoms with E-state index in [9.17, 15) is 13.2 Å². The zero-order valence-electron chi connectivity index (χ0n) is 15.3. The van der Waals surface area contributed by atoms with Crippen LogP contribution in [0.4, 0.5) is 11.4 Å². The maximum Gasteiger partial charge on any atom is 0.248 e. The number of rotatable bonds is 6. The minimum atomic E-state index is -3.65. The Morgan fingerprint density at radius 1 is 1.15 bits per heavy atom. The molecule has 0 radical (unpaired) electrons. The number of sulfonamides is 1. The highest BCUT2D eigenvalue weighted by Gasteiger charge is 2.31. The van der Waals surface area contributed by atoms with Crippen LogP contribution in [0.5, 0.6) is 0 Å². The summed E-state index contributed by atoms with van der Waals surface area (Å²) < 4.78 is 27.0. The van der Waals surface area contributed by atoms with Gasteiger partial charge in [-0.15, -0.1) is 0 Å². The zero-order chi connectivity index (χ0) is 19.5. The predicted molar refractivity (Wildman–Crippen MR) is 110 cm³/mol. The summed E-state index contributed by atoms with van der Waals surface area (Å²) in [6.07, 6.45) is 1.47. The minimum Gasteiger partial charge on any atom is -0.324 e. The number of hydrogen-bond donors (Lipinski definition) is 1. The Morgan fingerprint density at radius 2 is 1.77 bits per heavy atom. The summed E-state index contributed by atoms with van der Waals surface area (Å²) in [5.74, 6) is -0.366. The number of nitrogens with one attached hydrogen (secondary N) is 1. The van der Waals surface area contributed by atoms with E-state index in [-0.39, 0.29) is 5.91 Å². The summed E-state index contributed by atoms with van der Waals surface area (Å²) in [5.41, 5.74) is 2.99. The number of nitrogens with zero attached hydrogens (tertiary/aromatic N) is 1. The van der Waals surface area contributed by atoms with Crippen LogP contribution in [0.25, 0.3) is 0 Å². The molecule has 0 spiro atoms. The Labute approximate surface area is 163 Å². The molecule has 26 heavy (non-hydrogen) atoms. The average Bonchev–Trinajstić information content (AvgIpc) is 2.49. The fraction of sp³-hybridized carbons (Fsp3) is 0.316. The quantitative estimate of drug-likeness (QED) is 0.732. The predicted octanol–water partition coefficient (Wildman–Crippen LogP) is 4.25. The molecule has 140 valence electrons. The van der Waals surface area contributed by atoms with Gasteiger partial charge in [0.2, 0.25) is 15.9 Å². The Hall–Kier alpha value is -1.86. The van der Waals surface area contributed by atoms with E-state index in [1.807, 2.05) is 26.0 Å². The van der Waals surface area contributed by atoms with E-state index in [4.69, 9.17) is 0 Å². The normalized spacial score (nSPS) is 12.5. The van der Waals surface area contributed by atoms with Crippen LogP contribution in [-0.4, -0.2) is 26.6 Å². The van der Waals surface area contributed by atoms with Crippen LogP contribution in [0.15, 0.2) is 46.9 Å². The van der Waals surface area contributed by atoms with Crippen LogP contribution in [0.1, 0.15) is 24.5 Å². The van der Waals surface area contributed by atoms with E-state index in [2.05, 4.69) is 21.2 Å². The van der Waals surface area contributed by atoms with Gasteiger partial charge in [0.1, 0.15) is 6.04 Å². The smallest absolute Gasteiger partial charge is 0.248 e. The largest absolute Gasteiger partial charge is 0.324 e. The van der Waals surface area contributed by atoms with Crippen molar-refractivity contribution in [2.75, 3.05) is 15.9 Å². The van der Waals surface area contributed by atoms with Crippen LogP contribution in [-0.2, 0) is 14.8 Å². The lowest BCUT2D eigenvalue weighted by Gasteiger charge is -2.30. The summed E-state index contributed by atoms with van der Waals surface area (Å²) >= 11 is 3.36. The van der Waals surface area contributed by atoms with Gasteiger partial charge in [-0.1, -0.05) is 35.0 Å². The molecular formula is C19H23BrN2O3S. The Kier molecular flexibility index (Phi) is 6.47. The standard InChI is InChI=1S/C19H23BrN2O3S/c1-5-18(19(23)21-16-8-6-7-15(20)12-16)22(26(4,24)25)17-10-13(2)9-14(3)11-17/h6-12,18H,5H2,1-4H3,(H,21,23)/t18-/m0/s1. The molecule has 0 saturated heterocycles. The second-order valence-corrected chi connectivity index (χ2v) is 9.10. The number of halogens is 1. The third kappa shape index (κ3) is 5.08. The molecule has 0 heterocycles. The van der Waals surface area contributed by atoms with Gasteiger partial charge >= 0.3 is 0 Å². The summed E-state index contributed by atoms with van der Waals surface area (Å²) in [6, 6.07) is 11.9. The molecule has 0 bridgehead atoms. The topological polar surface area (TPSA) is 66.5 Å². The van der Waals surface area contributed by atoms with Gasteiger partial charge in [0.05, 0.1) is 11.9 Å². The molecule has 0 aliphatic rings. The first-order valence-electron chi connectivity index (χ1n) is 8.26. The van der Waals surface area contributed by atoms with Crippen molar-refractivity contribution in [2.24, 2.45) is 0 Å². The molecule has 0 saturated carbocycles. The Bertz CT molecular complexity index is 893. The molecule has 1 atom stereocenters. The molecule has 7 heteroatoms. The van der Waals surface area contributed by atoms with Gasteiger partial charge in [0.25, 0.3) is 0 Å². The van der Waals surface area contributed by atoms with Gasteiger partial charge in [-0.2, -0.15) is 0 Å². The SMILES string of the molecule is CC[C@@H](C(=O)Nc1cccc(Br)c1)N(c1cc(C)cc(C)c1)S(C)(=O)=O. The van der Waals surface area contributed by atoms with Gasteiger partial charge in [-0.25, -0.2) is 8.42 Å². The highest BCUT2D eigenvalue weighted by molar-refractivity contribution is 9.10. The second kappa shape index (κ2) is 8.22. The van der Waals surface area contributed by atoms with Crippen LogP contribution in [0.2, 0.25) is 0 Å². The maximum absolute atomic E-state index is 12.9. The molecule has 0 aliphatic carbocycles. The van der Waals surface area contributed by atoms with E-state index < -0.39 is 16.1 Å². The molecule has 0 fully saturated rings. The Balaban J connectivity index is 2.42. The summed E-state index contributed by atoms with van der Waals surface area (Å²) in [7, 11) is -3.65. The molecule has 0 unspecified atom stereocenters. The van der Waals surface area contributed by atoms with Gasteiger partial charge < -0.3 is 5.32 Å². The van der Waals surface area contributed by atoms with Gasteiger partial charge in [0.15, 0.2) is 0 Å². The number of anilines is 2. The van der Waals surface area contributed by atoms with Gasteiger partial charge in [-0.3, -0.25) is 9.10 Å². The number of aryl methyl sites for hydroxylation is 2. The molecule has 2 aromatic rings. The molecule has 5 nitrogen and oxygen atoms in total. The molecule has 2 aromatic carbocycles. The van der Waals surface area contributed by atoms with Crippen molar-refractivity contribution in [2.45, 2.75) is 33.2 Å². The number of benzene rings is 2. The Morgan fingerprint density at radius 3 is 2.27 bits per heavy atom. The van der Waals surface area contributed by atoms with Crippen LogP contribution in [0, 0.1) is 13.8 Å². The number of amides is 1.